The summed E-state index contributed by atoms with van der Waals surface area (Å²) in [7, 11) is 1.46. The molecule has 0 aliphatic heterocycles. The van der Waals surface area contributed by atoms with Crippen LogP contribution in [0.2, 0.25) is 0 Å². The van der Waals surface area contributed by atoms with E-state index in [4.69, 9.17) is 4.42 Å². The molecule has 3 aromatic rings. The smallest absolute Gasteiger partial charge is 0.246 e. The Morgan fingerprint density at radius 2 is 1.86 bits per heavy atom. The van der Waals surface area contributed by atoms with Crippen molar-refractivity contribution in [1.29, 1.82) is 0 Å². The number of carbonyl (C=O) groups excluding carboxylic acids is 2. The molecule has 1 N–H and O–H groups in total. The molecular formula is C22H18F2N2O3. The number of hydrogen-bond donors (Lipinski definition) is 1. The summed E-state index contributed by atoms with van der Waals surface area (Å²) in [5, 5.41) is 2.52. The topological polar surface area (TPSA) is 62.6 Å². The van der Waals surface area contributed by atoms with Crippen molar-refractivity contribution >= 4 is 23.6 Å². The van der Waals surface area contributed by atoms with Gasteiger partial charge in [0.1, 0.15) is 23.2 Å². The van der Waals surface area contributed by atoms with E-state index in [1.165, 1.54) is 48.4 Å². The van der Waals surface area contributed by atoms with Crippen molar-refractivity contribution in [2.45, 2.75) is 0 Å². The second-order valence-electron chi connectivity index (χ2n) is 6.27. The van der Waals surface area contributed by atoms with E-state index in [2.05, 4.69) is 5.32 Å². The molecule has 2 amide bonds. The predicted octanol–water partition coefficient (Wildman–Crippen LogP) is 4.34. The molecule has 0 aliphatic rings. The molecule has 0 saturated heterocycles. The monoisotopic (exact) mass is 396 g/mol. The van der Waals surface area contributed by atoms with Gasteiger partial charge in [0.05, 0.1) is 12.1 Å². The molecule has 0 atom stereocenters. The molecule has 2 aromatic carbocycles. The summed E-state index contributed by atoms with van der Waals surface area (Å²) in [6.07, 6.45) is 2.69. The maximum Gasteiger partial charge on any atom is 0.246 e. The van der Waals surface area contributed by atoms with Gasteiger partial charge >= 0.3 is 0 Å². The summed E-state index contributed by atoms with van der Waals surface area (Å²) in [6, 6.07) is 14.9. The molecule has 0 spiro atoms. The number of nitrogens with one attached hydrogen (secondary N) is 1. The van der Waals surface area contributed by atoms with Gasteiger partial charge in [-0.3, -0.25) is 9.59 Å². The number of amides is 2. The number of likely N-dealkylation sites (N-methyl/N-ethyl adjacent to an activating group) is 1. The summed E-state index contributed by atoms with van der Waals surface area (Å²) in [5.74, 6) is -1.05. The van der Waals surface area contributed by atoms with Gasteiger partial charge in [0, 0.05) is 18.8 Å². The lowest BCUT2D eigenvalue weighted by Gasteiger charge is -2.14. The summed E-state index contributed by atoms with van der Waals surface area (Å²) in [6.45, 7) is -0.210. The number of nitrogens with zero attached hydrogens (tertiary/aromatic N) is 1. The van der Waals surface area contributed by atoms with Gasteiger partial charge in [0.15, 0.2) is 0 Å². The lowest BCUT2D eigenvalue weighted by molar-refractivity contribution is -0.129. The van der Waals surface area contributed by atoms with Gasteiger partial charge in [-0.05, 0) is 48.5 Å². The summed E-state index contributed by atoms with van der Waals surface area (Å²) >= 11 is 0. The number of carbonyl (C=O) groups is 2. The third-order valence-corrected chi connectivity index (χ3v) is 4.02. The highest BCUT2D eigenvalue weighted by atomic mass is 19.1. The van der Waals surface area contributed by atoms with Gasteiger partial charge in [0.25, 0.3) is 0 Å². The van der Waals surface area contributed by atoms with Crippen LogP contribution in [0, 0.1) is 11.6 Å². The standard InChI is InChI=1S/C22H18F2N2O3/c1-26(14-21(27)25-16-6-4-5-15(23)13-16)22(28)12-10-17-9-11-20(29-17)18-7-2-3-8-19(18)24/h2-13H,14H2,1H3,(H,25,27)/b12-10+. The predicted molar refractivity (Wildman–Crippen MR) is 106 cm³/mol. The molecule has 0 aliphatic carbocycles. The van der Waals surface area contributed by atoms with Crippen LogP contribution in [-0.4, -0.2) is 30.3 Å². The van der Waals surface area contributed by atoms with Crippen LogP contribution >= 0.6 is 0 Å². The van der Waals surface area contributed by atoms with E-state index < -0.39 is 23.4 Å². The zero-order valence-corrected chi connectivity index (χ0v) is 15.6. The van der Waals surface area contributed by atoms with E-state index in [1.807, 2.05) is 0 Å². The minimum Gasteiger partial charge on any atom is -0.457 e. The zero-order chi connectivity index (χ0) is 20.8. The second-order valence-corrected chi connectivity index (χ2v) is 6.27. The van der Waals surface area contributed by atoms with E-state index in [1.54, 1.807) is 36.4 Å². The van der Waals surface area contributed by atoms with Gasteiger partial charge in [-0.1, -0.05) is 18.2 Å². The van der Waals surface area contributed by atoms with Crippen LogP contribution < -0.4 is 5.32 Å². The van der Waals surface area contributed by atoms with Crippen molar-refractivity contribution in [3.05, 3.63) is 84.1 Å². The Hall–Kier alpha value is -3.74. The minimum atomic E-state index is -0.469. The van der Waals surface area contributed by atoms with E-state index >= 15 is 0 Å². The molecule has 1 aromatic heterocycles. The van der Waals surface area contributed by atoms with Crippen LogP contribution in [0.1, 0.15) is 5.76 Å². The molecule has 29 heavy (non-hydrogen) atoms. The van der Waals surface area contributed by atoms with Gasteiger partial charge in [-0.15, -0.1) is 0 Å². The van der Waals surface area contributed by atoms with Gasteiger partial charge in [0.2, 0.25) is 11.8 Å². The number of rotatable bonds is 6. The van der Waals surface area contributed by atoms with Crippen molar-refractivity contribution in [3.8, 4) is 11.3 Å². The lowest BCUT2D eigenvalue weighted by Crippen LogP contribution is -2.33. The lowest BCUT2D eigenvalue weighted by atomic mass is 10.1. The average Bonchev–Trinajstić information content (AvgIpc) is 3.15. The quantitative estimate of drug-likeness (QED) is 0.631. The number of furan rings is 1. The molecule has 0 radical (unpaired) electrons. The van der Waals surface area contributed by atoms with Crippen molar-refractivity contribution in [2.75, 3.05) is 18.9 Å². The molecule has 3 rings (SSSR count). The van der Waals surface area contributed by atoms with Crippen molar-refractivity contribution in [3.63, 3.8) is 0 Å². The Bertz CT molecular complexity index is 1060. The third kappa shape index (κ3) is 5.38. The molecule has 0 unspecified atom stereocenters. The van der Waals surface area contributed by atoms with E-state index in [0.717, 1.165) is 0 Å². The fourth-order valence-electron chi connectivity index (χ4n) is 2.59. The van der Waals surface area contributed by atoms with E-state index in [0.29, 0.717) is 22.8 Å². The molecule has 5 nitrogen and oxygen atoms in total. The Kier molecular flexibility index (Phi) is 6.19. The number of halogens is 2. The Balaban J connectivity index is 1.57. The number of benzene rings is 2. The van der Waals surface area contributed by atoms with Crippen LogP contribution in [0.3, 0.4) is 0 Å². The summed E-state index contributed by atoms with van der Waals surface area (Å²) in [5.41, 5.74) is 0.632. The molecule has 0 fully saturated rings. The van der Waals surface area contributed by atoms with Gasteiger partial charge in [-0.2, -0.15) is 0 Å². The minimum absolute atomic E-state index is 0.210. The third-order valence-electron chi connectivity index (χ3n) is 4.02. The maximum absolute atomic E-state index is 13.8. The molecule has 0 saturated carbocycles. The first-order valence-corrected chi connectivity index (χ1v) is 8.76. The van der Waals surface area contributed by atoms with Crippen LogP contribution in [0.5, 0.6) is 0 Å². The Labute approximate surface area is 166 Å². The van der Waals surface area contributed by atoms with Gasteiger partial charge in [-0.25, -0.2) is 8.78 Å². The molecule has 148 valence electrons. The molecule has 7 heteroatoms. The van der Waals surface area contributed by atoms with Crippen LogP contribution in [0.15, 0.2) is 71.2 Å². The van der Waals surface area contributed by atoms with Crippen LogP contribution in [0.25, 0.3) is 17.4 Å². The molecule has 1 heterocycles. The highest BCUT2D eigenvalue weighted by Crippen LogP contribution is 2.25. The largest absolute Gasteiger partial charge is 0.457 e. The SMILES string of the molecule is CN(CC(=O)Nc1cccc(F)c1)C(=O)/C=C/c1ccc(-c2ccccc2F)o1. The fourth-order valence-corrected chi connectivity index (χ4v) is 2.59. The van der Waals surface area contributed by atoms with Crippen molar-refractivity contribution < 1.29 is 22.8 Å². The normalized spacial score (nSPS) is 10.9. The fraction of sp³-hybridized carbons (Fsp3) is 0.0909. The molecule has 0 bridgehead atoms. The molecular weight excluding hydrogens is 378 g/mol. The van der Waals surface area contributed by atoms with Crippen LogP contribution in [-0.2, 0) is 9.59 Å². The van der Waals surface area contributed by atoms with E-state index in [-0.39, 0.29) is 6.54 Å². The first kappa shape index (κ1) is 20.0. The highest BCUT2D eigenvalue weighted by molar-refractivity contribution is 5.97. The maximum atomic E-state index is 13.8. The number of hydrogen-bond acceptors (Lipinski definition) is 3. The highest BCUT2D eigenvalue weighted by Gasteiger charge is 2.12. The summed E-state index contributed by atoms with van der Waals surface area (Å²) < 4.78 is 32.5. The van der Waals surface area contributed by atoms with Crippen LogP contribution in [0.4, 0.5) is 14.5 Å². The average molecular weight is 396 g/mol. The van der Waals surface area contributed by atoms with Crippen molar-refractivity contribution in [1.82, 2.24) is 4.90 Å². The Morgan fingerprint density at radius 1 is 1.07 bits per heavy atom. The zero-order valence-electron chi connectivity index (χ0n) is 15.6. The first-order valence-electron chi connectivity index (χ1n) is 8.76. The first-order chi connectivity index (χ1) is 13.9. The van der Waals surface area contributed by atoms with Gasteiger partial charge < -0.3 is 14.6 Å². The second kappa shape index (κ2) is 8.97. The summed E-state index contributed by atoms with van der Waals surface area (Å²) in [4.78, 5) is 25.4. The Morgan fingerprint density at radius 3 is 2.62 bits per heavy atom. The number of anilines is 1. The van der Waals surface area contributed by atoms with E-state index in [9.17, 15) is 18.4 Å². The van der Waals surface area contributed by atoms with Crippen molar-refractivity contribution in [2.24, 2.45) is 0 Å².